The summed E-state index contributed by atoms with van der Waals surface area (Å²) in [4.78, 5) is 46.7. The summed E-state index contributed by atoms with van der Waals surface area (Å²) >= 11 is 0. The highest BCUT2D eigenvalue weighted by molar-refractivity contribution is 6.03. The Morgan fingerprint density at radius 1 is 1.24 bits per heavy atom. The van der Waals surface area contributed by atoms with Gasteiger partial charge in [-0.25, -0.2) is 14.4 Å². The molecule has 25 heavy (non-hydrogen) atoms. The fraction of sp³-hybridized carbons (Fsp3) is 0.412. The number of esters is 1. The molecule has 1 rings (SSSR count). The van der Waals surface area contributed by atoms with Crippen LogP contribution in [0.25, 0.3) is 0 Å². The molecule has 2 atom stereocenters. The molecule has 3 N–H and O–H groups in total. The normalized spacial score (nSPS) is 22.8. The van der Waals surface area contributed by atoms with Crippen LogP contribution in [0.15, 0.2) is 35.6 Å². The molecule has 0 amide bonds. The van der Waals surface area contributed by atoms with Gasteiger partial charge in [-0.1, -0.05) is 26.3 Å². The lowest BCUT2D eigenvalue weighted by Crippen LogP contribution is -2.44. The SMILES string of the molecule is C=CC(=O)OC1=CC(C(=O)O)=C(C(=O)O)C(CCCC)C1(C)C(=O)O. The van der Waals surface area contributed by atoms with E-state index in [0.717, 1.165) is 12.2 Å². The molecule has 0 aromatic carbocycles. The van der Waals surface area contributed by atoms with E-state index in [0.29, 0.717) is 12.8 Å². The summed E-state index contributed by atoms with van der Waals surface area (Å²) in [6, 6.07) is 0. The molecule has 0 bridgehead atoms. The van der Waals surface area contributed by atoms with Crippen molar-refractivity contribution in [2.24, 2.45) is 11.3 Å². The summed E-state index contributed by atoms with van der Waals surface area (Å²) in [6.45, 7) is 6.27. The van der Waals surface area contributed by atoms with Crippen LogP contribution >= 0.6 is 0 Å². The van der Waals surface area contributed by atoms with Crippen molar-refractivity contribution in [2.45, 2.75) is 33.1 Å². The number of carboxylic acid groups (broad SMARTS) is 3. The van der Waals surface area contributed by atoms with Gasteiger partial charge in [-0.2, -0.15) is 0 Å². The van der Waals surface area contributed by atoms with Crippen LogP contribution < -0.4 is 0 Å². The number of hydrogen-bond donors (Lipinski definition) is 3. The van der Waals surface area contributed by atoms with Crippen molar-refractivity contribution in [2.75, 3.05) is 0 Å². The second-order valence-corrected chi connectivity index (χ2v) is 5.77. The monoisotopic (exact) mass is 352 g/mol. The van der Waals surface area contributed by atoms with Gasteiger partial charge in [0.05, 0.1) is 11.1 Å². The van der Waals surface area contributed by atoms with Crippen LogP contribution in [-0.4, -0.2) is 39.2 Å². The molecule has 0 saturated carbocycles. The number of ether oxygens (including phenoxy) is 1. The second-order valence-electron chi connectivity index (χ2n) is 5.77. The standard InChI is InChI=1S/C17H20O8/c1-4-6-7-10-13(15(21)22)9(14(19)20)8-11(25-12(18)5-2)17(10,3)16(23)24/h5,8,10H,2,4,6-7H2,1,3H3,(H,19,20)(H,21,22)(H,23,24). The number of rotatable bonds is 8. The summed E-state index contributed by atoms with van der Waals surface area (Å²) in [6.07, 6.45) is 2.83. The third-order valence-electron chi connectivity index (χ3n) is 4.25. The van der Waals surface area contributed by atoms with Gasteiger partial charge >= 0.3 is 23.9 Å². The molecular formula is C17H20O8. The van der Waals surface area contributed by atoms with Crippen molar-refractivity contribution >= 4 is 23.9 Å². The summed E-state index contributed by atoms with van der Waals surface area (Å²) in [5, 5.41) is 28.6. The van der Waals surface area contributed by atoms with Gasteiger partial charge in [-0.15, -0.1) is 0 Å². The number of hydrogen-bond acceptors (Lipinski definition) is 5. The molecule has 0 aromatic heterocycles. The molecule has 0 spiro atoms. The Bertz CT molecular complexity index is 685. The van der Waals surface area contributed by atoms with E-state index in [9.17, 15) is 34.5 Å². The molecule has 0 radical (unpaired) electrons. The van der Waals surface area contributed by atoms with Crippen LogP contribution in [0.4, 0.5) is 0 Å². The molecule has 0 aliphatic heterocycles. The predicted octanol–water partition coefficient (Wildman–Crippen LogP) is 1.98. The van der Waals surface area contributed by atoms with Gasteiger partial charge in [0.1, 0.15) is 11.2 Å². The predicted molar refractivity (Wildman–Crippen MR) is 85.4 cm³/mol. The van der Waals surface area contributed by atoms with Crippen molar-refractivity contribution < 1.29 is 39.2 Å². The van der Waals surface area contributed by atoms with Crippen LogP contribution in [0.2, 0.25) is 0 Å². The highest BCUT2D eigenvalue weighted by Gasteiger charge is 2.53. The average molecular weight is 352 g/mol. The molecule has 2 unspecified atom stereocenters. The zero-order valence-electron chi connectivity index (χ0n) is 13.9. The number of aliphatic carboxylic acids is 3. The third kappa shape index (κ3) is 3.78. The minimum atomic E-state index is -1.90. The minimum absolute atomic E-state index is 0.112. The average Bonchev–Trinajstić information content (AvgIpc) is 2.53. The molecule has 1 aliphatic rings. The summed E-state index contributed by atoms with van der Waals surface area (Å²) in [5.41, 5.74) is -3.01. The van der Waals surface area contributed by atoms with Gasteiger partial charge in [-0.05, 0) is 19.4 Å². The second kappa shape index (κ2) is 7.78. The number of carbonyl (C=O) groups is 4. The zero-order valence-corrected chi connectivity index (χ0v) is 13.9. The highest BCUT2D eigenvalue weighted by atomic mass is 16.5. The van der Waals surface area contributed by atoms with Gasteiger partial charge in [0, 0.05) is 12.0 Å². The van der Waals surface area contributed by atoms with E-state index in [1.54, 1.807) is 0 Å². The largest absolute Gasteiger partial charge is 0.480 e. The Morgan fingerprint density at radius 3 is 2.24 bits per heavy atom. The summed E-state index contributed by atoms with van der Waals surface area (Å²) in [7, 11) is 0. The van der Waals surface area contributed by atoms with Crippen molar-refractivity contribution in [3.8, 4) is 0 Å². The first-order chi connectivity index (χ1) is 11.6. The molecule has 0 aromatic rings. The maximum absolute atomic E-state index is 12.0. The fourth-order valence-corrected chi connectivity index (χ4v) is 2.83. The lowest BCUT2D eigenvalue weighted by atomic mass is 9.65. The Labute approximate surface area is 144 Å². The first-order valence-corrected chi connectivity index (χ1v) is 7.61. The number of carboxylic acids is 3. The fourth-order valence-electron chi connectivity index (χ4n) is 2.83. The Hall–Kier alpha value is -2.90. The molecule has 8 heteroatoms. The molecule has 136 valence electrons. The van der Waals surface area contributed by atoms with E-state index in [2.05, 4.69) is 6.58 Å². The van der Waals surface area contributed by atoms with Crippen LogP contribution in [0.5, 0.6) is 0 Å². The quantitative estimate of drug-likeness (QED) is 0.445. The Morgan fingerprint density at radius 2 is 1.84 bits per heavy atom. The Balaban J connectivity index is 3.72. The molecule has 8 nitrogen and oxygen atoms in total. The van der Waals surface area contributed by atoms with E-state index in [1.807, 2.05) is 6.92 Å². The first kappa shape index (κ1) is 20.1. The van der Waals surface area contributed by atoms with Crippen LogP contribution in [0.1, 0.15) is 33.1 Å². The minimum Gasteiger partial charge on any atom is -0.480 e. The van der Waals surface area contributed by atoms with E-state index in [1.165, 1.54) is 6.92 Å². The summed E-state index contributed by atoms with van der Waals surface area (Å²) < 4.78 is 4.97. The van der Waals surface area contributed by atoms with Crippen molar-refractivity contribution in [3.05, 3.63) is 35.6 Å². The highest BCUT2D eigenvalue weighted by Crippen LogP contribution is 2.48. The number of unbranched alkanes of at least 4 members (excludes halogenated alkanes) is 1. The van der Waals surface area contributed by atoms with Gasteiger partial charge in [0.2, 0.25) is 0 Å². The van der Waals surface area contributed by atoms with E-state index in [4.69, 9.17) is 4.74 Å². The van der Waals surface area contributed by atoms with Crippen molar-refractivity contribution in [1.29, 1.82) is 0 Å². The molecule has 0 fully saturated rings. The first-order valence-electron chi connectivity index (χ1n) is 7.61. The maximum Gasteiger partial charge on any atom is 0.336 e. The molecule has 1 aliphatic carbocycles. The van der Waals surface area contributed by atoms with Crippen LogP contribution in [-0.2, 0) is 23.9 Å². The van der Waals surface area contributed by atoms with Crippen LogP contribution in [0, 0.1) is 11.3 Å². The van der Waals surface area contributed by atoms with Crippen molar-refractivity contribution in [1.82, 2.24) is 0 Å². The van der Waals surface area contributed by atoms with E-state index >= 15 is 0 Å². The lowest BCUT2D eigenvalue weighted by Gasteiger charge is -2.38. The lowest BCUT2D eigenvalue weighted by molar-refractivity contribution is -0.154. The molecule has 0 saturated heterocycles. The van der Waals surface area contributed by atoms with Gasteiger partial charge < -0.3 is 20.1 Å². The van der Waals surface area contributed by atoms with E-state index < -0.39 is 52.1 Å². The smallest absolute Gasteiger partial charge is 0.336 e. The zero-order chi connectivity index (χ0) is 19.4. The Kier molecular flexibility index (Phi) is 6.27. The topological polar surface area (TPSA) is 138 Å². The van der Waals surface area contributed by atoms with Gasteiger partial charge in [-0.3, -0.25) is 4.79 Å². The maximum atomic E-state index is 12.0. The van der Waals surface area contributed by atoms with Gasteiger partial charge in [0.15, 0.2) is 0 Å². The van der Waals surface area contributed by atoms with E-state index in [-0.39, 0.29) is 6.42 Å². The number of carbonyl (C=O) groups excluding carboxylic acids is 1. The van der Waals surface area contributed by atoms with Crippen LogP contribution in [0.3, 0.4) is 0 Å². The third-order valence-corrected chi connectivity index (χ3v) is 4.25. The van der Waals surface area contributed by atoms with Crippen molar-refractivity contribution in [3.63, 3.8) is 0 Å². The molecular weight excluding hydrogens is 332 g/mol. The summed E-state index contributed by atoms with van der Waals surface area (Å²) in [5.74, 6) is -7.04. The van der Waals surface area contributed by atoms with Gasteiger partial charge in [0.25, 0.3) is 0 Å². The molecule has 0 heterocycles.